The lowest BCUT2D eigenvalue weighted by atomic mass is 9.94. The topological polar surface area (TPSA) is 47.6 Å². The first kappa shape index (κ1) is 20.4. The first-order chi connectivity index (χ1) is 14.0. The summed E-state index contributed by atoms with van der Waals surface area (Å²) in [6, 6.07) is 20.6. The molecule has 3 aromatic carbocycles. The Balaban J connectivity index is 1.99. The fraction of sp³-hybridized carbons (Fsp3) is 0.208. The highest BCUT2D eigenvalue weighted by Crippen LogP contribution is 2.35. The Labute approximate surface area is 170 Å². The van der Waals surface area contributed by atoms with Gasteiger partial charge in [-0.1, -0.05) is 48.5 Å². The zero-order valence-corrected chi connectivity index (χ0v) is 16.7. The second-order valence-electron chi connectivity index (χ2n) is 6.70. The summed E-state index contributed by atoms with van der Waals surface area (Å²) < 4.78 is 24.3. The maximum absolute atomic E-state index is 13.2. The summed E-state index contributed by atoms with van der Waals surface area (Å²) in [4.78, 5) is 13.1. The van der Waals surface area contributed by atoms with Gasteiger partial charge in [0.2, 0.25) is 5.91 Å². The molecule has 1 atom stereocenters. The van der Waals surface area contributed by atoms with E-state index in [1.807, 2.05) is 48.5 Å². The third-order valence-corrected chi connectivity index (χ3v) is 4.95. The maximum Gasteiger partial charge on any atom is 0.228 e. The van der Waals surface area contributed by atoms with Gasteiger partial charge in [-0.25, -0.2) is 4.39 Å². The smallest absolute Gasteiger partial charge is 0.228 e. The minimum Gasteiger partial charge on any atom is -0.496 e. The number of methoxy groups -OCH3 is 2. The third-order valence-electron chi connectivity index (χ3n) is 4.95. The first-order valence-corrected chi connectivity index (χ1v) is 9.36. The maximum atomic E-state index is 13.2. The Morgan fingerprint density at radius 3 is 1.79 bits per heavy atom. The van der Waals surface area contributed by atoms with E-state index in [-0.39, 0.29) is 11.7 Å². The van der Waals surface area contributed by atoms with Gasteiger partial charge in [0.25, 0.3) is 0 Å². The molecule has 0 aromatic heterocycles. The molecule has 150 valence electrons. The van der Waals surface area contributed by atoms with E-state index in [4.69, 9.17) is 9.47 Å². The molecule has 3 rings (SSSR count). The Bertz CT molecular complexity index is 924. The van der Waals surface area contributed by atoms with Gasteiger partial charge >= 0.3 is 0 Å². The van der Waals surface area contributed by atoms with Crippen molar-refractivity contribution in [2.75, 3.05) is 14.2 Å². The largest absolute Gasteiger partial charge is 0.496 e. The van der Waals surface area contributed by atoms with Crippen LogP contribution >= 0.6 is 0 Å². The van der Waals surface area contributed by atoms with Crippen LogP contribution in [0.1, 0.15) is 35.6 Å². The van der Waals surface area contributed by atoms with Crippen LogP contribution < -0.4 is 14.8 Å². The first-order valence-electron chi connectivity index (χ1n) is 9.36. The van der Waals surface area contributed by atoms with E-state index >= 15 is 0 Å². The number of amides is 1. The van der Waals surface area contributed by atoms with E-state index in [2.05, 4.69) is 5.32 Å². The van der Waals surface area contributed by atoms with Gasteiger partial charge in [-0.05, 0) is 36.8 Å². The summed E-state index contributed by atoms with van der Waals surface area (Å²) in [5.74, 6) is 0.361. The van der Waals surface area contributed by atoms with Crippen molar-refractivity contribution in [2.45, 2.75) is 18.9 Å². The summed E-state index contributed by atoms with van der Waals surface area (Å²) in [5, 5.41) is 3.12. The average molecular weight is 393 g/mol. The molecule has 0 saturated carbocycles. The molecule has 3 aromatic rings. The van der Waals surface area contributed by atoms with Crippen LogP contribution in [0, 0.1) is 5.82 Å². The molecule has 0 aliphatic heterocycles. The molecule has 1 amide bonds. The number of carbonyl (C=O) groups excluding carboxylic acids is 1. The number of para-hydroxylation sites is 2. The molecular weight excluding hydrogens is 369 g/mol. The normalized spacial score (nSPS) is 11.8. The molecule has 0 bridgehead atoms. The van der Waals surface area contributed by atoms with Crippen molar-refractivity contribution >= 4 is 5.91 Å². The van der Waals surface area contributed by atoms with E-state index in [0.717, 1.165) is 16.7 Å². The number of ether oxygens (including phenoxy) is 2. The second kappa shape index (κ2) is 9.24. The van der Waals surface area contributed by atoms with Crippen molar-refractivity contribution in [1.82, 2.24) is 5.32 Å². The Morgan fingerprint density at radius 2 is 1.31 bits per heavy atom. The molecule has 0 aliphatic rings. The zero-order chi connectivity index (χ0) is 20.8. The number of carbonyl (C=O) groups is 1. The Morgan fingerprint density at radius 1 is 0.828 bits per heavy atom. The summed E-state index contributed by atoms with van der Waals surface area (Å²) in [5.41, 5.74) is 2.38. The van der Waals surface area contributed by atoms with Gasteiger partial charge in [-0.3, -0.25) is 4.79 Å². The van der Waals surface area contributed by atoms with Gasteiger partial charge in [-0.2, -0.15) is 0 Å². The van der Waals surface area contributed by atoms with E-state index in [9.17, 15) is 9.18 Å². The molecule has 0 heterocycles. The number of rotatable bonds is 7. The third kappa shape index (κ3) is 4.57. The van der Waals surface area contributed by atoms with Crippen LogP contribution in [0.4, 0.5) is 4.39 Å². The highest BCUT2D eigenvalue weighted by atomic mass is 19.1. The van der Waals surface area contributed by atoms with Crippen LogP contribution in [0.5, 0.6) is 11.5 Å². The van der Waals surface area contributed by atoms with Gasteiger partial charge in [0.1, 0.15) is 17.3 Å². The van der Waals surface area contributed by atoms with E-state index in [1.165, 1.54) is 12.1 Å². The highest BCUT2D eigenvalue weighted by Gasteiger charge is 2.26. The van der Waals surface area contributed by atoms with Crippen molar-refractivity contribution in [3.8, 4) is 11.5 Å². The van der Waals surface area contributed by atoms with Crippen LogP contribution in [0.3, 0.4) is 0 Å². The Kier molecular flexibility index (Phi) is 6.50. The molecule has 0 radical (unpaired) electrons. The summed E-state index contributed by atoms with van der Waals surface area (Å²) in [6.07, 6.45) is 0. The fourth-order valence-corrected chi connectivity index (χ4v) is 3.30. The van der Waals surface area contributed by atoms with E-state index < -0.39 is 12.0 Å². The minimum absolute atomic E-state index is 0.182. The predicted molar refractivity (Wildman–Crippen MR) is 111 cm³/mol. The molecule has 5 heteroatoms. The van der Waals surface area contributed by atoms with E-state index in [0.29, 0.717) is 11.5 Å². The molecule has 0 aliphatic carbocycles. The number of benzene rings is 3. The van der Waals surface area contributed by atoms with Crippen molar-refractivity contribution in [3.63, 3.8) is 0 Å². The molecule has 0 spiro atoms. The Hall–Kier alpha value is -3.34. The lowest BCUT2D eigenvalue weighted by Gasteiger charge is -2.25. The van der Waals surface area contributed by atoms with E-state index in [1.54, 1.807) is 33.3 Å². The molecule has 4 nitrogen and oxygen atoms in total. The van der Waals surface area contributed by atoms with Crippen LogP contribution in [0.2, 0.25) is 0 Å². The molecule has 29 heavy (non-hydrogen) atoms. The number of hydrogen-bond donors (Lipinski definition) is 1. The number of nitrogens with one attached hydrogen (secondary N) is 1. The quantitative estimate of drug-likeness (QED) is 0.624. The standard InChI is InChI=1S/C24H24FNO3/c1-16(17-12-14-18(25)15-13-17)24(27)26-23(19-8-4-6-10-21(19)28-2)20-9-5-7-11-22(20)29-3/h4-16,23H,1-3H3,(H,26,27)/t16-/m0/s1. The van der Waals surface area contributed by atoms with Gasteiger partial charge < -0.3 is 14.8 Å². The zero-order valence-electron chi connectivity index (χ0n) is 16.7. The average Bonchev–Trinajstić information content (AvgIpc) is 2.77. The highest BCUT2D eigenvalue weighted by molar-refractivity contribution is 5.84. The van der Waals surface area contributed by atoms with Crippen molar-refractivity contribution < 1.29 is 18.7 Å². The summed E-state index contributed by atoms with van der Waals surface area (Å²) in [7, 11) is 3.20. The van der Waals surface area contributed by atoms with Gasteiger partial charge in [0.15, 0.2) is 0 Å². The number of halogens is 1. The predicted octanol–water partition coefficient (Wildman–Crippen LogP) is 4.85. The minimum atomic E-state index is -0.474. The molecule has 0 unspecified atom stereocenters. The molecule has 0 saturated heterocycles. The monoisotopic (exact) mass is 393 g/mol. The van der Waals surface area contributed by atoms with Gasteiger partial charge in [0, 0.05) is 11.1 Å². The lowest BCUT2D eigenvalue weighted by molar-refractivity contribution is -0.122. The van der Waals surface area contributed by atoms with Gasteiger partial charge in [-0.15, -0.1) is 0 Å². The van der Waals surface area contributed by atoms with Crippen molar-refractivity contribution in [1.29, 1.82) is 0 Å². The summed E-state index contributed by atoms with van der Waals surface area (Å²) >= 11 is 0. The summed E-state index contributed by atoms with van der Waals surface area (Å²) in [6.45, 7) is 1.80. The second-order valence-corrected chi connectivity index (χ2v) is 6.70. The van der Waals surface area contributed by atoms with Gasteiger partial charge in [0.05, 0.1) is 26.2 Å². The molecular formula is C24H24FNO3. The lowest BCUT2D eigenvalue weighted by Crippen LogP contribution is -2.33. The fourth-order valence-electron chi connectivity index (χ4n) is 3.30. The number of hydrogen-bond acceptors (Lipinski definition) is 3. The molecule has 1 N–H and O–H groups in total. The molecule has 0 fully saturated rings. The van der Waals surface area contributed by atoms with Crippen LogP contribution in [0.25, 0.3) is 0 Å². The van der Waals surface area contributed by atoms with Crippen LogP contribution in [-0.2, 0) is 4.79 Å². The van der Waals surface area contributed by atoms with Crippen LogP contribution in [-0.4, -0.2) is 20.1 Å². The van der Waals surface area contributed by atoms with Crippen LogP contribution in [0.15, 0.2) is 72.8 Å². The van der Waals surface area contributed by atoms with Crippen molar-refractivity contribution in [3.05, 3.63) is 95.3 Å². The SMILES string of the molecule is COc1ccccc1C(NC(=O)[C@@H](C)c1ccc(F)cc1)c1ccccc1OC. The van der Waals surface area contributed by atoms with Crippen molar-refractivity contribution in [2.24, 2.45) is 0 Å².